The normalized spacial score (nSPS) is 23.2. The highest BCUT2D eigenvalue weighted by molar-refractivity contribution is 7.90. The van der Waals surface area contributed by atoms with E-state index >= 15 is 0 Å². The molecule has 2 N–H and O–H groups in total. The second-order valence-electron chi connectivity index (χ2n) is 8.22. The Kier molecular flexibility index (Phi) is 6.68. The summed E-state index contributed by atoms with van der Waals surface area (Å²) in [7, 11) is -3.62. The summed E-state index contributed by atoms with van der Waals surface area (Å²) in [6.07, 6.45) is 3.76. The molecule has 1 atom stereocenters. The van der Waals surface area contributed by atoms with E-state index in [0.29, 0.717) is 5.92 Å². The molecule has 1 aromatic heterocycles. The van der Waals surface area contributed by atoms with E-state index in [4.69, 9.17) is 0 Å². The fraction of sp³-hybridized carbons (Fsp3) is 0.722. The van der Waals surface area contributed by atoms with Crippen molar-refractivity contribution in [1.82, 2.24) is 10.0 Å². The first kappa shape index (κ1) is 20.4. The SMILES string of the molecule is CC1CCC(NS(=O)(=O)CC(=O)NC(c2cccs2)C(C)(C)C)CC1. The number of rotatable bonds is 6. The molecule has 1 unspecified atom stereocenters. The van der Waals surface area contributed by atoms with Gasteiger partial charge in [0.2, 0.25) is 15.9 Å². The number of amides is 1. The predicted octanol–water partition coefficient (Wildman–Crippen LogP) is 3.45. The third kappa shape index (κ3) is 6.38. The number of carbonyl (C=O) groups is 1. The first-order valence-corrected chi connectivity index (χ1v) is 11.4. The van der Waals surface area contributed by atoms with Crippen LogP contribution in [0.5, 0.6) is 0 Å². The van der Waals surface area contributed by atoms with E-state index in [-0.39, 0.29) is 17.5 Å². The highest BCUT2D eigenvalue weighted by Crippen LogP contribution is 2.35. The van der Waals surface area contributed by atoms with Gasteiger partial charge in [0.15, 0.2) is 0 Å². The van der Waals surface area contributed by atoms with Gasteiger partial charge in [-0.1, -0.05) is 33.8 Å². The van der Waals surface area contributed by atoms with Crippen LogP contribution in [-0.4, -0.2) is 26.1 Å². The molecule has 1 heterocycles. The molecule has 0 saturated heterocycles. The Morgan fingerprint density at radius 3 is 2.44 bits per heavy atom. The monoisotopic (exact) mass is 386 g/mol. The minimum absolute atomic E-state index is 0.0373. The Morgan fingerprint density at radius 1 is 1.28 bits per heavy atom. The van der Waals surface area contributed by atoms with Crippen molar-refractivity contribution in [3.8, 4) is 0 Å². The molecular formula is C18H30N2O3S2. The van der Waals surface area contributed by atoms with Gasteiger partial charge in [-0.05, 0) is 48.5 Å². The third-order valence-electron chi connectivity index (χ3n) is 4.68. The molecule has 1 fully saturated rings. The van der Waals surface area contributed by atoms with Crippen molar-refractivity contribution in [3.05, 3.63) is 22.4 Å². The lowest BCUT2D eigenvalue weighted by Gasteiger charge is -2.31. The van der Waals surface area contributed by atoms with Crippen molar-refractivity contribution < 1.29 is 13.2 Å². The average Bonchev–Trinajstić information content (AvgIpc) is 2.99. The maximum Gasteiger partial charge on any atom is 0.237 e. The van der Waals surface area contributed by atoms with Gasteiger partial charge in [0.25, 0.3) is 0 Å². The fourth-order valence-electron chi connectivity index (χ4n) is 3.22. The molecule has 25 heavy (non-hydrogen) atoms. The highest BCUT2D eigenvalue weighted by atomic mass is 32.2. The molecule has 1 amide bonds. The van der Waals surface area contributed by atoms with Crippen LogP contribution < -0.4 is 10.0 Å². The molecule has 1 aromatic rings. The van der Waals surface area contributed by atoms with Crippen LogP contribution in [0.2, 0.25) is 0 Å². The average molecular weight is 387 g/mol. The summed E-state index contributed by atoms with van der Waals surface area (Å²) in [5.41, 5.74) is -0.197. The first-order chi connectivity index (χ1) is 11.6. The van der Waals surface area contributed by atoms with Crippen molar-refractivity contribution in [1.29, 1.82) is 0 Å². The largest absolute Gasteiger partial charge is 0.347 e. The van der Waals surface area contributed by atoms with Crippen LogP contribution in [0, 0.1) is 11.3 Å². The van der Waals surface area contributed by atoms with Gasteiger partial charge in [-0.15, -0.1) is 11.3 Å². The van der Waals surface area contributed by atoms with Crippen molar-refractivity contribution in [2.24, 2.45) is 11.3 Å². The van der Waals surface area contributed by atoms with Crippen LogP contribution in [-0.2, 0) is 14.8 Å². The first-order valence-electron chi connectivity index (χ1n) is 8.89. The van der Waals surface area contributed by atoms with Crippen LogP contribution >= 0.6 is 11.3 Å². The minimum atomic E-state index is -3.62. The van der Waals surface area contributed by atoms with E-state index in [1.807, 2.05) is 38.3 Å². The topological polar surface area (TPSA) is 75.3 Å². The van der Waals surface area contributed by atoms with Gasteiger partial charge < -0.3 is 5.32 Å². The molecule has 0 radical (unpaired) electrons. The minimum Gasteiger partial charge on any atom is -0.347 e. The van der Waals surface area contributed by atoms with E-state index in [2.05, 4.69) is 17.0 Å². The summed E-state index contributed by atoms with van der Waals surface area (Å²) in [5, 5.41) is 4.87. The molecule has 1 saturated carbocycles. The van der Waals surface area contributed by atoms with Gasteiger partial charge in [-0.3, -0.25) is 4.79 Å². The van der Waals surface area contributed by atoms with Crippen LogP contribution in [0.3, 0.4) is 0 Å². The number of hydrogen-bond donors (Lipinski definition) is 2. The standard InChI is InChI=1S/C18H30N2O3S2/c1-13-7-9-14(10-8-13)20-25(22,23)12-16(21)19-17(18(2,3)4)15-6-5-11-24-15/h5-6,11,13-14,17,20H,7-10,12H2,1-4H3,(H,19,21). The molecule has 7 heteroatoms. The van der Waals surface area contributed by atoms with Crippen molar-refractivity contribution >= 4 is 27.3 Å². The van der Waals surface area contributed by atoms with Crippen molar-refractivity contribution in [2.75, 3.05) is 5.75 Å². The zero-order chi connectivity index (χ0) is 18.7. The van der Waals surface area contributed by atoms with Crippen LogP contribution in [0.25, 0.3) is 0 Å². The Labute approximate surface area is 155 Å². The lowest BCUT2D eigenvalue weighted by Crippen LogP contribution is -2.44. The summed E-state index contributed by atoms with van der Waals surface area (Å²) in [5.74, 6) is -0.316. The van der Waals surface area contributed by atoms with E-state index in [0.717, 1.165) is 30.6 Å². The number of sulfonamides is 1. The summed E-state index contributed by atoms with van der Waals surface area (Å²) < 4.78 is 27.4. The van der Waals surface area contributed by atoms with E-state index in [1.165, 1.54) is 0 Å². The Morgan fingerprint density at radius 2 is 1.92 bits per heavy atom. The second kappa shape index (κ2) is 8.18. The van der Waals surface area contributed by atoms with Crippen molar-refractivity contribution in [3.63, 3.8) is 0 Å². The molecule has 0 spiro atoms. The smallest absolute Gasteiger partial charge is 0.237 e. The quantitative estimate of drug-likeness (QED) is 0.786. The summed E-state index contributed by atoms with van der Waals surface area (Å²) in [6, 6.07) is 3.67. The Hall–Kier alpha value is -0.920. The van der Waals surface area contributed by atoms with Gasteiger partial charge in [-0.2, -0.15) is 0 Å². The van der Waals surface area contributed by atoms with E-state index in [9.17, 15) is 13.2 Å². The zero-order valence-electron chi connectivity index (χ0n) is 15.5. The molecule has 0 aliphatic heterocycles. The highest BCUT2D eigenvalue weighted by Gasteiger charge is 2.31. The number of carbonyl (C=O) groups excluding carboxylic acids is 1. The zero-order valence-corrected chi connectivity index (χ0v) is 17.2. The fourth-order valence-corrected chi connectivity index (χ4v) is 5.49. The molecule has 142 valence electrons. The Bertz CT molecular complexity index is 655. The summed E-state index contributed by atoms with van der Waals surface area (Å²) in [6.45, 7) is 8.30. The molecule has 0 aromatic carbocycles. The lowest BCUT2D eigenvalue weighted by atomic mass is 9.86. The van der Waals surface area contributed by atoms with Gasteiger partial charge in [-0.25, -0.2) is 13.1 Å². The molecule has 0 bridgehead atoms. The molecule has 2 rings (SSSR count). The van der Waals surface area contributed by atoms with Crippen LogP contribution in [0.4, 0.5) is 0 Å². The molecule has 1 aliphatic carbocycles. The van der Waals surface area contributed by atoms with Gasteiger partial charge >= 0.3 is 0 Å². The van der Waals surface area contributed by atoms with Gasteiger partial charge in [0.1, 0.15) is 5.75 Å². The van der Waals surface area contributed by atoms with E-state index in [1.54, 1.807) is 11.3 Å². The van der Waals surface area contributed by atoms with Gasteiger partial charge in [0.05, 0.1) is 6.04 Å². The van der Waals surface area contributed by atoms with E-state index < -0.39 is 21.7 Å². The maximum atomic E-state index is 12.4. The number of nitrogens with one attached hydrogen (secondary N) is 2. The predicted molar refractivity (Wildman–Crippen MR) is 103 cm³/mol. The summed E-state index contributed by atoms with van der Waals surface area (Å²) in [4.78, 5) is 13.4. The van der Waals surface area contributed by atoms with Crippen LogP contribution in [0.1, 0.15) is 64.3 Å². The summed E-state index contributed by atoms with van der Waals surface area (Å²) >= 11 is 1.57. The maximum absolute atomic E-state index is 12.4. The van der Waals surface area contributed by atoms with Gasteiger partial charge in [0, 0.05) is 10.9 Å². The van der Waals surface area contributed by atoms with Crippen LogP contribution in [0.15, 0.2) is 17.5 Å². The number of thiophene rings is 1. The number of hydrogen-bond acceptors (Lipinski definition) is 4. The van der Waals surface area contributed by atoms with Crippen molar-refractivity contribution in [2.45, 2.75) is 65.5 Å². The Balaban J connectivity index is 1.95. The lowest BCUT2D eigenvalue weighted by molar-refractivity contribution is -0.120. The third-order valence-corrected chi connectivity index (χ3v) is 6.95. The molecule has 1 aliphatic rings. The second-order valence-corrected chi connectivity index (χ2v) is 10.9. The molecule has 5 nitrogen and oxygen atoms in total. The molecular weight excluding hydrogens is 356 g/mol.